The molecule has 6 heteroatoms. The molecule has 0 fully saturated rings. The lowest BCUT2D eigenvalue weighted by Gasteiger charge is -2.01. The minimum atomic E-state index is -0.951. The number of carboxylic acid groups (broad SMARTS) is 1. The lowest BCUT2D eigenvalue weighted by molar-refractivity contribution is 0.0692. The Morgan fingerprint density at radius 1 is 1.64 bits per heavy atom. The van der Waals surface area contributed by atoms with E-state index in [-0.39, 0.29) is 18.0 Å². The molecule has 0 unspecified atom stereocenters. The number of nitrogens with zero attached hydrogens (tertiary/aromatic N) is 1. The summed E-state index contributed by atoms with van der Waals surface area (Å²) in [7, 11) is 0. The van der Waals surface area contributed by atoms with Crippen LogP contribution in [0.1, 0.15) is 10.4 Å². The van der Waals surface area contributed by atoms with Crippen LogP contribution in [0.15, 0.2) is 23.4 Å². The summed E-state index contributed by atoms with van der Waals surface area (Å²) in [5.74, 6) is -0.273. The van der Waals surface area contributed by atoms with Gasteiger partial charge in [-0.15, -0.1) is 24.2 Å². The summed E-state index contributed by atoms with van der Waals surface area (Å²) >= 11 is 1.36. The van der Waals surface area contributed by atoms with Gasteiger partial charge >= 0.3 is 5.97 Å². The van der Waals surface area contributed by atoms with Crippen molar-refractivity contribution >= 4 is 30.1 Å². The molecule has 1 aromatic heterocycles. The molecule has 0 bridgehead atoms. The molecule has 0 spiro atoms. The number of nitrogens with two attached hydrogens (primary N) is 1. The Bertz CT molecular complexity index is 309. The molecule has 1 rings (SSSR count). The van der Waals surface area contributed by atoms with E-state index in [9.17, 15) is 4.79 Å². The van der Waals surface area contributed by atoms with Gasteiger partial charge in [0.25, 0.3) is 0 Å². The number of halogens is 1. The topological polar surface area (TPSA) is 76.2 Å². The van der Waals surface area contributed by atoms with Crippen LogP contribution in [0, 0.1) is 0 Å². The number of carboxylic acids is 1. The number of hydrogen-bond acceptors (Lipinski definition) is 4. The Kier molecular flexibility index (Phi) is 6.27. The SMILES string of the molecule is Cl.NCCSc1ncccc1C(=O)O. The van der Waals surface area contributed by atoms with Crippen LogP contribution >= 0.6 is 24.2 Å². The fourth-order valence-corrected chi connectivity index (χ4v) is 1.58. The van der Waals surface area contributed by atoms with Crippen molar-refractivity contribution in [1.29, 1.82) is 0 Å². The first-order valence-electron chi connectivity index (χ1n) is 3.77. The lowest BCUT2D eigenvalue weighted by atomic mass is 10.3. The largest absolute Gasteiger partial charge is 0.478 e. The van der Waals surface area contributed by atoms with Crippen LogP contribution in [0.5, 0.6) is 0 Å². The lowest BCUT2D eigenvalue weighted by Crippen LogP contribution is -2.04. The van der Waals surface area contributed by atoms with E-state index in [1.54, 1.807) is 12.3 Å². The second-order valence-corrected chi connectivity index (χ2v) is 3.38. The Morgan fingerprint density at radius 2 is 2.36 bits per heavy atom. The van der Waals surface area contributed by atoms with Crippen LogP contribution in [-0.2, 0) is 0 Å². The fraction of sp³-hybridized carbons (Fsp3) is 0.250. The summed E-state index contributed by atoms with van der Waals surface area (Å²) in [6.45, 7) is 0.514. The molecule has 0 saturated carbocycles. The van der Waals surface area contributed by atoms with E-state index in [1.165, 1.54) is 17.8 Å². The third-order valence-electron chi connectivity index (χ3n) is 1.36. The summed E-state index contributed by atoms with van der Waals surface area (Å²) in [5, 5.41) is 9.31. The first-order chi connectivity index (χ1) is 6.25. The van der Waals surface area contributed by atoms with Gasteiger partial charge in [-0.3, -0.25) is 0 Å². The van der Waals surface area contributed by atoms with Crippen molar-refractivity contribution < 1.29 is 9.90 Å². The van der Waals surface area contributed by atoms with Gasteiger partial charge in [0, 0.05) is 18.5 Å². The number of thioether (sulfide) groups is 1. The van der Waals surface area contributed by atoms with Gasteiger partial charge in [-0.25, -0.2) is 9.78 Å². The van der Waals surface area contributed by atoms with Crippen molar-refractivity contribution in [3.8, 4) is 0 Å². The minimum absolute atomic E-state index is 0. The summed E-state index contributed by atoms with van der Waals surface area (Å²) in [6.07, 6.45) is 1.57. The molecule has 0 aliphatic carbocycles. The molecule has 78 valence electrons. The standard InChI is InChI=1S/C8H10N2O2S.ClH/c9-3-5-13-7-6(8(11)12)2-1-4-10-7;/h1-2,4H,3,5,9H2,(H,11,12);1H. The van der Waals surface area contributed by atoms with Crippen LogP contribution in [0.3, 0.4) is 0 Å². The van der Waals surface area contributed by atoms with E-state index in [1.807, 2.05) is 0 Å². The quantitative estimate of drug-likeness (QED) is 0.767. The van der Waals surface area contributed by atoms with E-state index in [0.29, 0.717) is 17.3 Å². The molecule has 3 N–H and O–H groups in total. The Morgan fingerprint density at radius 3 is 2.93 bits per heavy atom. The number of hydrogen-bond donors (Lipinski definition) is 2. The van der Waals surface area contributed by atoms with Crippen LogP contribution in [-0.4, -0.2) is 28.4 Å². The normalized spacial score (nSPS) is 9.21. The van der Waals surface area contributed by atoms with E-state index in [2.05, 4.69) is 4.98 Å². The first kappa shape index (κ1) is 13.2. The van der Waals surface area contributed by atoms with Gasteiger partial charge in [0.15, 0.2) is 0 Å². The monoisotopic (exact) mass is 234 g/mol. The highest BCUT2D eigenvalue weighted by molar-refractivity contribution is 7.99. The van der Waals surface area contributed by atoms with E-state index >= 15 is 0 Å². The Balaban J connectivity index is 0.00000169. The van der Waals surface area contributed by atoms with Gasteiger partial charge in [0.05, 0.1) is 5.56 Å². The maximum atomic E-state index is 10.7. The summed E-state index contributed by atoms with van der Waals surface area (Å²) < 4.78 is 0. The Hall–Kier alpha value is -0.780. The van der Waals surface area contributed by atoms with Crippen molar-refractivity contribution in [2.45, 2.75) is 5.03 Å². The van der Waals surface area contributed by atoms with Gasteiger partial charge in [0.1, 0.15) is 5.03 Å². The predicted octanol–water partition coefficient (Wildman–Crippen LogP) is 1.25. The van der Waals surface area contributed by atoms with E-state index in [0.717, 1.165) is 0 Å². The molecule has 0 amide bonds. The van der Waals surface area contributed by atoms with E-state index < -0.39 is 5.97 Å². The highest BCUT2D eigenvalue weighted by Crippen LogP contribution is 2.18. The molecule has 0 aromatic carbocycles. The number of carbonyl (C=O) groups is 1. The summed E-state index contributed by atoms with van der Waals surface area (Å²) in [6, 6.07) is 3.14. The van der Waals surface area contributed by atoms with Crippen molar-refractivity contribution in [3.63, 3.8) is 0 Å². The molecular weight excluding hydrogens is 224 g/mol. The molecule has 1 aromatic rings. The molecule has 14 heavy (non-hydrogen) atoms. The van der Waals surface area contributed by atoms with Gasteiger partial charge in [0.2, 0.25) is 0 Å². The molecule has 0 aliphatic rings. The van der Waals surface area contributed by atoms with Crippen LogP contribution in [0.2, 0.25) is 0 Å². The Labute approximate surface area is 92.3 Å². The van der Waals surface area contributed by atoms with Crippen molar-refractivity contribution in [2.75, 3.05) is 12.3 Å². The first-order valence-corrected chi connectivity index (χ1v) is 4.75. The van der Waals surface area contributed by atoms with E-state index in [4.69, 9.17) is 10.8 Å². The molecule has 0 radical (unpaired) electrons. The summed E-state index contributed by atoms with van der Waals surface area (Å²) in [4.78, 5) is 14.7. The highest BCUT2D eigenvalue weighted by Gasteiger charge is 2.09. The second kappa shape index (κ2) is 6.64. The van der Waals surface area contributed by atoms with Crippen molar-refractivity contribution in [2.24, 2.45) is 5.73 Å². The van der Waals surface area contributed by atoms with Gasteiger partial charge < -0.3 is 10.8 Å². The average Bonchev–Trinajstić information content (AvgIpc) is 2.15. The smallest absolute Gasteiger partial charge is 0.338 e. The molecule has 0 atom stereocenters. The number of rotatable bonds is 4. The van der Waals surface area contributed by atoms with Gasteiger partial charge in [-0.1, -0.05) is 0 Å². The molecule has 0 saturated heterocycles. The van der Waals surface area contributed by atoms with Crippen molar-refractivity contribution in [3.05, 3.63) is 23.9 Å². The molecule has 1 heterocycles. The maximum Gasteiger partial charge on any atom is 0.338 e. The number of pyridine rings is 1. The average molecular weight is 235 g/mol. The predicted molar refractivity (Wildman–Crippen MR) is 58.2 cm³/mol. The van der Waals surface area contributed by atoms with Gasteiger partial charge in [-0.05, 0) is 12.1 Å². The summed E-state index contributed by atoms with van der Waals surface area (Å²) in [5.41, 5.74) is 5.54. The highest BCUT2D eigenvalue weighted by atomic mass is 35.5. The molecular formula is C8H11ClN2O2S. The third kappa shape index (κ3) is 3.53. The van der Waals surface area contributed by atoms with Crippen LogP contribution in [0.25, 0.3) is 0 Å². The zero-order valence-electron chi connectivity index (χ0n) is 7.34. The third-order valence-corrected chi connectivity index (χ3v) is 2.40. The van der Waals surface area contributed by atoms with Crippen molar-refractivity contribution in [1.82, 2.24) is 4.98 Å². The molecule has 4 nitrogen and oxygen atoms in total. The zero-order valence-corrected chi connectivity index (χ0v) is 8.98. The molecule has 0 aliphatic heterocycles. The minimum Gasteiger partial charge on any atom is -0.478 e. The van der Waals surface area contributed by atoms with Crippen LogP contribution in [0.4, 0.5) is 0 Å². The fourth-order valence-electron chi connectivity index (χ4n) is 0.824. The zero-order chi connectivity index (χ0) is 9.68. The number of aromatic nitrogens is 1. The van der Waals surface area contributed by atoms with Crippen LogP contribution < -0.4 is 5.73 Å². The second-order valence-electron chi connectivity index (χ2n) is 2.30. The maximum absolute atomic E-state index is 10.7. The number of aromatic carboxylic acids is 1. The van der Waals surface area contributed by atoms with Gasteiger partial charge in [-0.2, -0.15) is 0 Å².